The second-order valence-electron chi connectivity index (χ2n) is 7.36. The number of benzene rings is 1. The van der Waals surface area contributed by atoms with E-state index in [0.717, 1.165) is 22.3 Å². The van der Waals surface area contributed by atoms with Gasteiger partial charge in [-0.15, -0.1) is 0 Å². The van der Waals surface area contributed by atoms with Crippen molar-refractivity contribution in [1.29, 1.82) is 0 Å². The second-order valence-corrected chi connectivity index (χ2v) is 8.36. The van der Waals surface area contributed by atoms with Crippen LogP contribution in [0.5, 0.6) is 5.75 Å². The number of carbonyl (C=O) groups is 2. The smallest absolute Gasteiger partial charge is 0.350 e. The number of methoxy groups -OCH3 is 1. The minimum Gasteiger partial charge on any atom is -0.495 e. The van der Waals surface area contributed by atoms with Gasteiger partial charge in [0.1, 0.15) is 10.6 Å². The number of esters is 1. The molecule has 8 nitrogen and oxygen atoms in total. The molecule has 31 heavy (non-hydrogen) atoms. The molecule has 0 fully saturated rings. The lowest BCUT2D eigenvalue weighted by molar-refractivity contribution is -0.116. The average molecular weight is 444 g/mol. The number of nitrogens with one attached hydrogen (secondary N) is 1. The standard InChI is InChI=1S/C22H25N3O5S/c1-12(2)30-21(28)20-14(4)23-22(31-20)24-17(26)9-10-25-18(27)11-13(3)15-7-6-8-16(29-5)19(15)25/h6-8,11-12H,9-10H2,1-5H3,(H,23,24,26). The number of aromatic nitrogens is 2. The maximum Gasteiger partial charge on any atom is 0.350 e. The van der Waals surface area contributed by atoms with Crippen molar-refractivity contribution < 1.29 is 19.1 Å². The number of rotatable bonds is 7. The molecule has 3 rings (SSSR count). The second kappa shape index (κ2) is 9.30. The first-order valence-electron chi connectivity index (χ1n) is 9.86. The fourth-order valence-electron chi connectivity index (χ4n) is 3.26. The lowest BCUT2D eigenvalue weighted by Crippen LogP contribution is -2.24. The first-order chi connectivity index (χ1) is 14.7. The van der Waals surface area contributed by atoms with E-state index < -0.39 is 5.97 Å². The average Bonchev–Trinajstić information content (AvgIpc) is 3.06. The van der Waals surface area contributed by atoms with Crippen LogP contribution in [-0.4, -0.2) is 34.6 Å². The molecule has 1 amide bonds. The van der Waals surface area contributed by atoms with Crippen molar-refractivity contribution >= 4 is 39.2 Å². The summed E-state index contributed by atoms with van der Waals surface area (Å²) < 4.78 is 12.2. The third kappa shape index (κ3) is 4.93. The number of aryl methyl sites for hydroxylation is 3. The normalized spacial score (nSPS) is 11.0. The Morgan fingerprint density at radius 2 is 2.00 bits per heavy atom. The van der Waals surface area contributed by atoms with Crippen LogP contribution in [0.1, 0.15) is 41.2 Å². The van der Waals surface area contributed by atoms with Gasteiger partial charge in [0, 0.05) is 24.4 Å². The zero-order valence-electron chi connectivity index (χ0n) is 18.1. The van der Waals surface area contributed by atoms with Gasteiger partial charge in [-0.25, -0.2) is 9.78 Å². The highest BCUT2D eigenvalue weighted by Gasteiger charge is 2.19. The van der Waals surface area contributed by atoms with Gasteiger partial charge < -0.3 is 19.4 Å². The van der Waals surface area contributed by atoms with Crippen molar-refractivity contribution in [2.24, 2.45) is 0 Å². The lowest BCUT2D eigenvalue weighted by atomic mass is 10.1. The third-order valence-electron chi connectivity index (χ3n) is 4.65. The van der Waals surface area contributed by atoms with E-state index in [1.54, 1.807) is 44.6 Å². The monoisotopic (exact) mass is 443 g/mol. The van der Waals surface area contributed by atoms with Gasteiger partial charge in [0.2, 0.25) is 5.91 Å². The van der Waals surface area contributed by atoms with E-state index >= 15 is 0 Å². The zero-order chi connectivity index (χ0) is 22.7. The van der Waals surface area contributed by atoms with Crippen LogP contribution < -0.4 is 15.6 Å². The number of fused-ring (bicyclic) bond motifs is 1. The molecule has 0 aliphatic heterocycles. The Morgan fingerprint density at radius 1 is 1.26 bits per heavy atom. The molecule has 2 aromatic heterocycles. The van der Waals surface area contributed by atoms with E-state index in [2.05, 4.69) is 10.3 Å². The van der Waals surface area contributed by atoms with Crippen molar-refractivity contribution in [3.8, 4) is 5.75 Å². The zero-order valence-corrected chi connectivity index (χ0v) is 19.0. The predicted molar refractivity (Wildman–Crippen MR) is 120 cm³/mol. The number of carbonyl (C=O) groups excluding carboxylic acids is 2. The number of para-hydroxylation sites is 1. The Balaban J connectivity index is 1.77. The van der Waals surface area contributed by atoms with E-state index in [-0.39, 0.29) is 30.5 Å². The summed E-state index contributed by atoms with van der Waals surface area (Å²) in [7, 11) is 1.55. The number of thiazole rings is 1. The number of nitrogens with zero attached hydrogens (tertiary/aromatic N) is 2. The molecule has 0 saturated carbocycles. The van der Waals surface area contributed by atoms with Crippen molar-refractivity contribution in [1.82, 2.24) is 9.55 Å². The van der Waals surface area contributed by atoms with E-state index in [9.17, 15) is 14.4 Å². The Bertz CT molecular complexity index is 1200. The topological polar surface area (TPSA) is 99.5 Å². The summed E-state index contributed by atoms with van der Waals surface area (Å²) in [4.78, 5) is 41.8. The number of hydrogen-bond donors (Lipinski definition) is 1. The van der Waals surface area contributed by atoms with E-state index in [1.807, 2.05) is 19.1 Å². The Hall–Kier alpha value is -3.20. The minimum absolute atomic E-state index is 0.0561. The van der Waals surface area contributed by atoms with Gasteiger partial charge in [0.15, 0.2) is 5.13 Å². The maximum absolute atomic E-state index is 12.6. The van der Waals surface area contributed by atoms with Gasteiger partial charge in [-0.2, -0.15) is 0 Å². The fourth-order valence-corrected chi connectivity index (χ4v) is 4.12. The summed E-state index contributed by atoms with van der Waals surface area (Å²) in [6.45, 7) is 7.26. The molecule has 0 unspecified atom stereocenters. The van der Waals surface area contributed by atoms with Crippen LogP contribution in [0.4, 0.5) is 5.13 Å². The number of hydrogen-bond acceptors (Lipinski definition) is 7. The SMILES string of the molecule is COc1cccc2c(C)cc(=O)n(CCC(=O)Nc3nc(C)c(C(=O)OC(C)C)s3)c12. The molecule has 1 N–H and O–H groups in total. The largest absolute Gasteiger partial charge is 0.495 e. The molecule has 0 radical (unpaired) electrons. The molecule has 0 spiro atoms. The van der Waals surface area contributed by atoms with E-state index in [4.69, 9.17) is 9.47 Å². The van der Waals surface area contributed by atoms with Crippen LogP contribution in [0.3, 0.4) is 0 Å². The molecule has 0 aliphatic rings. The highest BCUT2D eigenvalue weighted by Crippen LogP contribution is 2.27. The molecule has 2 heterocycles. The molecule has 0 aliphatic carbocycles. The third-order valence-corrected chi connectivity index (χ3v) is 5.71. The van der Waals surface area contributed by atoms with Crippen LogP contribution >= 0.6 is 11.3 Å². The highest BCUT2D eigenvalue weighted by molar-refractivity contribution is 7.17. The summed E-state index contributed by atoms with van der Waals surface area (Å²) in [5.74, 6) is -0.203. The minimum atomic E-state index is -0.463. The van der Waals surface area contributed by atoms with Crippen LogP contribution in [0.25, 0.3) is 10.9 Å². The van der Waals surface area contributed by atoms with E-state index in [0.29, 0.717) is 27.0 Å². The van der Waals surface area contributed by atoms with Crippen LogP contribution in [0, 0.1) is 13.8 Å². The molecular weight excluding hydrogens is 418 g/mol. The van der Waals surface area contributed by atoms with E-state index in [1.165, 1.54) is 0 Å². The van der Waals surface area contributed by atoms with Crippen molar-refractivity contribution in [3.63, 3.8) is 0 Å². The van der Waals surface area contributed by atoms with Gasteiger partial charge in [-0.3, -0.25) is 9.59 Å². The summed E-state index contributed by atoms with van der Waals surface area (Å²) in [6.07, 6.45) is -0.188. The molecule has 0 atom stereocenters. The molecule has 1 aromatic carbocycles. The number of pyridine rings is 1. The molecular formula is C22H25N3O5S. The Kier molecular flexibility index (Phi) is 6.74. The van der Waals surface area contributed by atoms with Gasteiger partial charge in [-0.05, 0) is 39.3 Å². The number of anilines is 1. The Morgan fingerprint density at radius 3 is 2.68 bits per heavy atom. The lowest BCUT2D eigenvalue weighted by Gasteiger charge is -2.14. The first kappa shape index (κ1) is 22.5. The summed E-state index contributed by atoms with van der Waals surface area (Å²) in [5.41, 5.74) is 1.80. The van der Waals surface area contributed by atoms with Gasteiger partial charge in [0.25, 0.3) is 5.56 Å². The summed E-state index contributed by atoms with van der Waals surface area (Å²) in [6, 6.07) is 7.12. The van der Waals surface area contributed by atoms with Crippen LogP contribution in [-0.2, 0) is 16.1 Å². The molecule has 0 saturated heterocycles. The van der Waals surface area contributed by atoms with Gasteiger partial charge in [0.05, 0.1) is 24.4 Å². The summed E-state index contributed by atoms with van der Waals surface area (Å²) >= 11 is 1.07. The van der Waals surface area contributed by atoms with Crippen molar-refractivity contribution in [2.45, 2.75) is 46.8 Å². The maximum atomic E-state index is 12.6. The highest BCUT2D eigenvalue weighted by atomic mass is 32.1. The van der Waals surface area contributed by atoms with Crippen LogP contribution in [0.15, 0.2) is 29.1 Å². The van der Waals surface area contributed by atoms with Gasteiger partial charge >= 0.3 is 5.97 Å². The first-order valence-corrected chi connectivity index (χ1v) is 10.7. The quantitative estimate of drug-likeness (QED) is 0.559. The molecule has 164 valence electrons. The molecule has 0 bridgehead atoms. The number of ether oxygens (including phenoxy) is 2. The molecule has 9 heteroatoms. The number of amides is 1. The predicted octanol–water partition coefficient (Wildman–Crippen LogP) is 3.68. The van der Waals surface area contributed by atoms with Crippen LogP contribution in [0.2, 0.25) is 0 Å². The van der Waals surface area contributed by atoms with Crippen molar-refractivity contribution in [3.05, 3.63) is 50.8 Å². The van der Waals surface area contributed by atoms with Gasteiger partial charge in [-0.1, -0.05) is 23.5 Å². The van der Waals surface area contributed by atoms with Crippen molar-refractivity contribution in [2.75, 3.05) is 12.4 Å². The molecule has 3 aromatic rings. The fraction of sp³-hybridized carbons (Fsp3) is 0.364. The Labute approximate surface area is 183 Å². The summed E-state index contributed by atoms with van der Waals surface area (Å²) in [5, 5.41) is 3.91.